The van der Waals surface area contributed by atoms with Gasteiger partial charge in [0.2, 0.25) is 0 Å². The average Bonchev–Trinajstić information content (AvgIpc) is 3.34. The minimum Gasteiger partial charge on any atom is -0.399 e. The van der Waals surface area contributed by atoms with Gasteiger partial charge >= 0.3 is 0 Å². The first-order valence-corrected chi connectivity index (χ1v) is 24.2. The minimum absolute atomic E-state index is 0.0349. The lowest BCUT2D eigenvalue weighted by Gasteiger charge is -2.27. The van der Waals surface area contributed by atoms with Gasteiger partial charge in [0.15, 0.2) is 0 Å². The molecule has 0 amide bonds. The Hall–Kier alpha value is -3.42. The molecule has 0 unspecified atom stereocenters. The molecule has 15 heteroatoms. The maximum Gasteiger partial charge on any atom is 0.0641 e. The first-order chi connectivity index (χ1) is 32.6. The zero-order valence-electron chi connectivity index (χ0n) is 39.7. The van der Waals surface area contributed by atoms with E-state index in [2.05, 4.69) is 70.5 Å². The summed E-state index contributed by atoms with van der Waals surface area (Å²) in [6.45, 7) is 12.7. The summed E-state index contributed by atoms with van der Waals surface area (Å²) in [6.07, 6.45) is 5.76. The number of nitrogens with two attached hydrogens (primary N) is 1. The van der Waals surface area contributed by atoms with Crippen LogP contribution in [-0.4, -0.2) is 179 Å². The van der Waals surface area contributed by atoms with Crippen LogP contribution in [0, 0.1) is 0 Å². The molecule has 6 N–H and O–H groups in total. The summed E-state index contributed by atoms with van der Waals surface area (Å²) in [4.78, 5) is 4.60. The van der Waals surface area contributed by atoms with Crippen LogP contribution in [0.4, 0.5) is 17.1 Å². The average molecular weight is 930 g/mol. The summed E-state index contributed by atoms with van der Waals surface area (Å²) in [5, 5.41) is 35.9. The van der Waals surface area contributed by atoms with Crippen molar-refractivity contribution >= 4 is 17.1 Å². The highest BCUT2D eigenvalue weighted by molar-refractivity contribution is 5.55. The highest BCUT2D eigenvalue weighted by Gasteiger charge is 2.19. The molecule has 0 heterocycles. The maximum absolute atomic E-state index is 8.97. The van der Waals surface area contributed by atoms with Gasteiger partial charge in [-0.1, -0.05) is 36.4 Å². The van der Waals surface area contributed by atoms with Crippen molar-refractivity contribution in [2.24, 2.45) is 0 Å². The summed E-state index contributed by atoms with van der Waals surface area (Å²) >= 11 is 0. The molecule has 0 aromatic heterocycles. The topological polar surface area (TPSA) is 187 Å². The van der Waals surface area contributed by atoms with Crippen LogP contribution in [-0.2, 0) is 37.9 Å². The molecule has 0 saturated heterocycles. The van der Waals surface area contributed by atoms with Crippen LogP contribution in [0.1, 0.15) is 74.0 Å². The summed E-state index contributed by atoms with van der Waals surface area (Å²) < 4.78 is 46.2. The van der Waals surface area contributed by atoms with Gasteiger partial charge in [0.1, 0.15) is 0 Å². The van der Waals surface area contributed by atoms with Crippen LogP contribution in [0.2, 0.25) is 0 Å². The lowest BCUT2D eigenvalue weighted by molar-refractivity contribution is 0.0740. The number of aliphatic hydroxyl groups is 4. The quantitative estimate of drug-likeness (QED) is 0.0280. The van der Waals surface area contributed by atoms with E-state index in [0.717, 1.165) is 59.4 Å². The second-order valence-electron chi connectivity index (χ2n) is 15.9. The van der Waals surface area contributed by atoms with E-state index in [0.29, 0.717) is 158 Å². The van der Waals surface area contributed by atoms with Crippen molar-refractivity contribution in [3.63, 3.8) is 0 Å². The van der Waals surface area contributed by atoms with Crippen molar-refractivity contribution < 1.29 is 58.3 Å². The Balaban J connectivity index is 1.72. The Kier molecular flexibility index (Phi) is 34.1. The highest BCUT2D eigenvalue weighted by atomic mass is 16.5. The van der Waals surface area contributed by atoms with Crippen molar-refractivity contribution in [2.75, 3.05) is 174 Å². The lowest BCUT2D eigenvalue weighted by atomic mass is 9.85. The molecule has 0 atom stereocenters. The number of hydrogen-bond donors (Lipinski definition) is 5. The Labute approximate surface area is 395 Å². The molecule has 0 spiro atoms. The number of aliphatic hydroxyl groups excluding tert-OH is 4. The molecular formula is C51H83N3O12. The fourth-order valence-corrected chi connectivity index (χ4v) is 7.00. The Morgan fingerprint density at radius 1 is 0.318 bits per heavy atom. The number of benzene rings is 3. The van der Waals surface area contributed by atoms with Crippen LogP contribution in [0.3, 0.4) is 0 Å². The third-order valence-electron chi connectivity index (χ3n) is 10.6. The van der Waals surface area contributed by atoms with E-state index < -0.39 is 0 Å². The summed E-state index contributed by atoms with van der Waals surface area (Å²) in [6, 6.07) is 25.7. The fraction of sp³-hybridized carbons (Fsp3) is 0.647. The zero-order chi connectivity index (χ0) is 47.0. The monoisotopic (exact) mass is 930 g/mol. The van der Waals surface area contributed by atoms with Crippen molar-refractivity contribution in [1.29, 1.82) is 0 Å². The Morgan fingerprint density at radius 2 is 0.545 bits per heavy atom. The fourth-order valence-electron chi connectivity index (χ4n) is 7.00. The van der Waals surface area contributed by atoms with Gasteiger partial charge in [-0.25, -0.2) is 0 Å². The number of nitrogen functional groups attached to an aromatic ring is 1. The molecule has 0 saturated carbocycles. The van der Waals surface area contributed by atoms with E-state index in [1.54, 1.807) is 0 Å². The van der Waals surface area contributed by atoms with E-state index in [1.807, 2.05) is 12.1 Å². The molecule has 66 heavy (non-hydrogen) atoms. The van der Waals surface area contributed by atoms with E-state index in [4.69, 9.17) is 64.1 Å². The number of anilines is 3. The molecule has 3 rings (SSSR count). The van der Waals surface area contributed by atoms with E-state index >= 15 is 0 Å². The second kappa shape index (κ2) is 39.6. The molecule has 0 aliphatic rings. The SMILES string of the molecule is Nc1ccc(C(c2ccc(N(CCOCCCOCCCO)CCOCCCOCCCO)cc2)c2ccc(N(CCOCCCOCCCO)CCOCCCOCCCO)cc2)cc1. The predicted molar refractivity (Wildman–Crippen MR) is 261 cm³/mol. The number of rotatable bonds is 45. The molecule has 0 radical (unpaired) electrons. The smallest absolute Gasteiger partial charge is 0.0641 e. The van der Waals surface area contributed by atoms with Crippen molar-refractivity contribution in [3.05, 3.63) is 89.5 Å². The molecule has 0 aliphatic carbocycles. The molecule has 3 aromatic rings. The minimum atomic E-state index is -0.0349. The summed E-state index contributed by atoms with van der Waals surface area (Å²) in [5.41, 5.74) is 12.5. The third kappa shape index (κ3) is 26.2. The second-order valence-corrected chi connectivity index (χ2v) is 15.9. The van der Waals surface area contributed by atoms with Crippen molar-refractivity contribution in [3.8, 4) is 0 Å². The standard InChI is InChI=1S/C51H83N3O12/c52-48-15-9-45(10-16-48)51(46-11-17-49(18-12-46)53(21-41-63-37-5-33-59-29-1-25-55)22-42-64-38-6-34-60-30-2-26-56)47-13-19-50(20-14-47)54(23-43-65-39-7-35-61-31-3-27-57)24-44-66-40-8-36-62-32-4-28-58/h9-20,51,55-58H,1-8,21-44,52H2. The zero-order valence-corrected chi connectivity index (χ0v) is 39.7. The number of hydrogen-bond acceptors (Lipinski definition) is 15. The van der Waals surface area contributed by atoms with Crippen molar-refractivity contribution in [2.45, 2.75) is 57.3 Å². The molecule has 0 fully saturated rings. The third-order valence-corrected chi connectivity index (χ3v) is 10.6. The van der Waals surface area contributed by atoms with Gasteiger partial charge < -0.3 is 73.9 Å². The largest absolute Gasteiger partial charge is 0.399 e. The van der Waals surface area contributed by atoms with Gasteiger partial charge in [0.05, 0.1) is 26.4 Å². The maximum atomic E-state index is 8.97. The van der Waals surface area contributed by atoms with Gasteiger partial charge in [-0.15, -0.1) is 0 Å². The number of ether oxygens (including phenoxy) is 8. The van der Waals surface area contributed by atoms with Crippen molar-refractivity contribution in [1.82, 2.24) is 0 Å². The normalized spacial score (nSPS) is 11.5. The molecule has 3 aromatic carbocycles. The predicted octanol–water partition coefficient (Wildman–Crippen LogP) is 5.28. The molecular weight excluding hydrogens is 847 g/mol. The molecule has 374 valence electrons. The highest BCUT2D eigenvalue weighted by Crippen LogP contribution is 2.34. The van der Waals surface area contributed by atoms with Crippen LogP contribution >= 0.6 is 0 Å². The van der Waals surface area contributed by atoms with Crippen LogP contribution in [0.15, 0.2) is 72.8 Å². The number of nitrogens with zero attached hydrogens (tertiary/aromatic N) is 2. The van der Waals surface area contributed by atoms with Crippen LogP contribution in [0.5, 0.6) is 0 Å². The lowest BCUT2D eigenvalue weighted by Crippen LogP contribution is -2.31. The molecule has 0 bridgehead atoms. The van der Waals surface area contributed by atoms with Gasteiger partial charge in [-0.2, -0.15) is 0 Å². The Morgan fingerprint density at radius 3 is 0.803 bits per heavy atom. The van der Waals surface area contributed by atoms with E-state index in [1.165, 1.54) is 0 Å². The first-order valence-electron chi connectivity index (χ1n) is 24.2. The van der Waals surface area contributed by atoms with Crippen LogP contribution in [0.25, 0.3) is 0 Å². The van der Waals surface area contributed by atoms with Gasteiger partial charge in [0.25, 0.3) is 0 Å². The Bertz CT molecular complexity index is 1390. The first kappa shape index (κ1) is 56.9. The van der Waals surface area contributed by atoms with E-state index in [-0.39, 0.29) is 32.3 Å². The van der Waals surface area contributed by atoms with Gasteiger partial charge in [0, 0.05) is 155 Å². The summed E-state index contributed by atoms with van der Waals surface area (Å²) in [7, 11) is 0. The molecule has 0 aliphatic heterocycles. The van der Waals surface area contributed by atoms with Gasteiger partial charge in [-0.05, 0) is 104 Å². The molecule has 15 nitrogen and oxygen atoms in total. The van der Waals surface area contributed by atoms with Gasteiger partial charge in [-0.3, -0.25) is 0 Å². The summed E-state index contributed by atoms with van der Waals surface area (Å²) in [5.74, 6) is -0.0349. The van der Waals surface area contributed by atoms with Crippen LogP contribution < -0.4 is 15.5 Å². The van der Waals surface area contributed by atoms with E-state index in [9.17, 15) is 0 Å².